The molecule has 0 bridgehead atoms. The van der Waals surface area contributed by atoms with E-state index >= 15 is 0 Å². The monoisotopic (exact) mass is 280 g/mol. The molecule has 2 nitrogen and oxygen atoms in total. The summed E-state index contributed by atoms with van der Waals surface area (Å²) in [4.78, 5) is 24.2. The first-order valence-corrected chi connectivity index (χ1v) is 7.36. The summed E-state index contributed by atoms with van der Waals surface area (Å²) in [5.74, 6) is 0.258. The maximum atomic E-state index is 12.2. The van der Waals surface area contributed by atoms with Crippen molar-refractivity contribution in [3.63, 3.8) is 0 Å². The lowest BCUT2D eigenvalue weighted by atomic mass is 9.93. The molecule has 0 aliphatic heterocycles. The second kappa shape index (κ2) is 7.53. The molecule has 2 heteroatoms. The van der Waals surface area contributed by atoms with E-state index in [4.69, 9.17) is 0 Å². The zero-order valence-corrected chi connectivity index (χ0v) is 12.3. The smallest absolute Gasteiger partial charge is 0.165 e. The standard InChI is InChI=1S/C19H20O2/c1-15(19(21)17-12-6-3-7-13-17)9-8-14-18(20)16-10-4-2-5-11-16/h2-7,10-13,15H,8-9,14H2,1H3. The fourth-order valence-corrected chi connectivity index (χ4v) is 2.36. The van der Waals surface area contributed by atoms with Gasteiger partial charge in [0.1, 0.15) is 0 Å². The summed E-state index contributed by atoms with van der Waals surface area (Å²) in [6.07, 6.45) is 1.98. The van der Waals surface area contributed by atoms with E-state index < -0.39 is 0 Å². The summed E-state index contributed by atoms with van der Waals surface area (Å²) in [6, 6.07) is 18.6. The first kappa shape index (κ1) is 15.2. The first-order valence-electron chi connectivity index (χ1n) is 7.36. The van der Waals surface area contributed by atoms with Crippen LogP contribution in [0.25, 0.3) is 0 Å². The number of benzene rings is 2. The van der Waals surface area contributed by atoms with E-state index in [9.17, 15) is 9.59 Å². The average Bonchev–Trinajstić information content (AvgIpc) is 2.55. The van der Waals surface area contributed by atoms with Crippen LogP contribution in [0.1, 0.15) is 46.9 Å². The van der Waals surface area contributed by atoms with Gasteiger partial charge in [-0.3, -0.25) is 9.59 Å². The van der Waals surface area contributed by atoms with E-state index in [1.54, 1.807) is 0 Å². The molecule has 1 unspecified atom stereocenters. The van der Waals surface area contributed by atoms with Gasteiger partial charge in [0.05, 0.1) is 0 Å². The van der Waals surface area contributed by atoms with Gasteiger partial charge in [-0.1, -0.05) is 67.6 Å². The third-order valence-corrected chi connectivity index (χ3v) is 3.64. The zero-order valence-electron chi connectivity index (χ0n) is 12.3. The Balaban J connectivity index is 1.81. The minimum absolute atomic E-state index is 0.0454. The van der Waals surface area contributed by atoms with Crippen molar-refractivity contribution in [1.82, 2.24) is 0 Å². The van der Waals surface area contributed by atoms with Gasteiger partial charge >= 0.3 is 0 Å². The number of hydrogen-bond acceptors (Lipinski definition) is 2. The quantitative estimate of drug-likeness (QED) is 0.697. The molecule has 21 heavy (non-hydrogen) atoms. The largest absolute Gasteiger partial charge is 0.294 e. The van der Waals surface area contributed by atoms with E-state index in [1.165, 1.54) is 0 Å². The molecule has 2 aromatic rings. The van der Waals surface area contributed by atoms with Crippen molar-refractivity contribution >= 4 is 11.6 Å². The zero-order chi connectivity index (χ0) is 15.1. The number of hydrogen-bond donors (Lipinski definition) is 0. The van der Waals surface area contributed by atoms with Gasteiger partial charge in [0, 0.05) is 23.5 Å². The van der Waals surface area contributed by atoms with Crippen molar-refractivity contribution in [3.8, 4) is 0 Å². The molecule has 0 aromatic heterocycles. The van der Waals surface area contributed by atoms with E-state index in [2.05, 4.69) is 0 Å². The Hall–Kier alpha value is -2.22. The van der Waals surface area contributed by atoms with E-state index in [1.807, 2.05) is 67.6 Å². The predicted octanol–water partition coefficient (Wildman–Crippen LogP) is 4.56. The molecule has 0 aliphatic rings. The van der Waals surface area contributed by atoms with Crippen LogP contribution in [-0.2, 0) is 0 Å². The Morgan fingerprint density at radius 3 is 1.95 bits per heavy atom. The maximum Gasteiger partial charge on any atom is 0.165 e. The summed E-state index contributed by atoms with van der Waals surface area (Å²) in [7, 11) is 0. The van der Waals surface area contributed by atoms with Crippen LogP contribution >= 0.6 is 0 Å². The number of Topliss-reactive ketones (excluding diaryl/α,β-unsaturated/α-hetero) is 2. The molecular formula is C19H20O2. The molecule has 0 radical (unpaired) electrons. The van der Waals surface area contributed by atoms with Crippen molar-refractivity contribution in [1.29, 1.82) is 0 Å². The van der Waals surface area contributed by atoms with Crippen molar-refractivity contribution < 1.29 is 9.59 Å². The Labute approximate surface area is 125 Å². The summed E-state index contributed by atoms with van der Waals surface area (Å²) in [6.45, 7) is 1.93. The topological polar surface area (TPSA) is 34.1 Å². The Morgan fingerprint density at radius 1 is 0.857 bits per heavy atom. The highest BCUT2D eigenvalue weighted by Gasteiger charge is 2.15. The SMILES string of the molecule is CC(CCCC(=O)c1ccccc1)C(=O)c1ccccc1. The van der Waals surface area contributed by atoms with Crippen molar-refractivity contribution in [2.24, 2.45) is 5.92 Å². The summed E-state index contributed by atoms with van der Waals surface area (Å²) >= 11 is 0. The van der Waals surface area contributed by atoms with Gasteiger partial charge in [-0.2, -0.15) is 0 Å². The highest BCUT2D eigenvalue weighted by molar-refractivity contribution is 5.98. The minimum atomic E-state index is -0.0454. The second-order valence-electron chi connectivity index (χ2n) is 5.31. The average molecular weight is 280 g/mol. The predicted molar refractivity (Wildman–Crippen MR) is 84.6 cm³/mol. The van der Waals surface area contributed by atoms with Crippen LogP contribution in [0.5, 0.6) is 0 Å². The first-order chi connectivity index (χ1) is 10.2. The maximum absolute atomic E-state index is 12.2. The highest BCUT2D eigenvalue weighted by Crippen LogP contribution is 2.16. The normalized spacial score (nSPS) is 11.9. The molecule has 108 valence electrons. The van der Waals surface area contributed by atoms with Crippen LogP contribution in [0.4, 0.5) is 0 Å². The molecule has 0 fully saturated rings. The van der Waals surface area contributed by atoms with Crippen molar-refractivity contribution in [2.45, 2.75) is 26.2 Å². The Bertz CT molecular complexity index is 587. The summed E-state index contributed by atoms with van der Waals surface area (Å²) < 4.78 is 0. The third-order valence-electron chi connectivity index (χ3n) is 3.64. The number of rotatable bonds is 7. The molecule has 0 saturated carbocycles. The van der Waals surface area contributed by atoms with E-state index in [0.29, 0.717) is 6.42 Å². The van der Waals surface area contributed by atoms with E-state index in [0.717, 1.165) is 24.0 Å². The Kier molecular flexibility index (Phi) is 5.44. The molecule has 0 saturated heterocycles. The lowest BCUT2D eigenvalue weighted by Crippen LogP contribution is -2.11. The lowest BCUT2D eigenvalue weighted by molar-refractivity contribution is 0.0909. The van der Waals surface area contributed by atoms with Crippen LogP contribution in [0.3, 0.4) is 0 Å². The molecule has 0 aliphatic carbocycles. The molecule has 0 spiro atoms. The van der Waals surface area contributed by atoms with E-state index in [-0.39, 0.29) is 17.5 Å². The third kappa shape index (κ3) is 4.38. The minimum Gasteiger partial charge on any atom is -0.294 e. The van der Waals surface area contributed by atoms with Gasteiger partial charge in [-0.05, 0) is 12.8 Å². The number of ketones is 2. The fourth-order valence-electron chi connectivity index (χ4n) is 2.36. The van der Waals surface area contributed by atoms with Crippen LogP contribution in [0, 0.1) is 5.92 Å². The molecule has 2 aromatic carbocycles. The van der Waals surface area contributed by atoms with Crippen LogP contribution < -0.4 is 0 Å². The number of carbonyl (C=O) groups excluding carboxylic acids is 2. The van der Waals surface area contributed by atoms with Crippen LogP contribution in [-0.4, -0.2) is 11.6 Å². The van der Waals surface area contributed by atoms with Gasteiger partial charge in [-0.25, -0.2) is 0 Å². The lowest BCUT2D eigenvalue weighted by Gasteiger charge is -2.10. The van der Waals surface area contributed by atoms with Crippen LogP contribution in [0.2, 0.25) is 0 Å². The summed E-state index contributed by atoms with van der Waals surface area (Å²) in [5.41, 5.74) is 1.50. The van der Waals surface area contributed by atoms with Gasteiger partial charge < -0.3 is 0 Å². The van der Waals surface area contributed by atoms with Gasteiger partial charge in [-0.15, -0.1) is 0 Å². The second-order valence-corrected chi connectivity index (χ2v) is 5.31. The molecule has 0 heterocycles. The van der Waals surface area contributed by atoms with Crippen molar-refractivity contribution in [3.05, 3.63) is 71.8 Å². The fraction of sp³-hybridized carbons (Fsp3) is 0.263. The van der Waals surface area contributed by atoms with Crippen LogP contribution in [0.15, 0.2) is 60.7 Å². The number of carbonyl (C=O) groups is 2. The molecule has 0 amide bonds. The highest BCUT2D eigenvalue weighted by atomic mass is 16.1. The Morgan fingerprint density at radius 2 is 1.38 bits per heavy atom. The molecule has 2 rings (SSSR count). The molecular weight excluding hydrogens is 260 g/mol. The molecule has 1 atom stereocenters. The summed E-state index contributed by atoms with van der Waals surface area (Å²) in [5, 5.41) is 0. The van der Waals surface area contributed by atoms with Crippen molar-refractivity contribution in [2.75, 3.05) is 0 Å². The van der Waals surface area contributed by atoms with Gasteiger partial charge in [0.25, 0.3) is 0 Å². The van der Waals surface area contributed by atoms with Gasteiger partial charge in [0.15, 0.2) is 11.6 Å². The van der Waals surface area contributed by atoms with Gasteiger partial charge in [0.2, 0.25) is 0 Å². The molecule has 0 N–H and O–H groups in total.